The lowest BCUT2D eigenvalue weighted by Gasteiger charge is -2.05. The van der Waals surface area contributed by atoms with Crippen LogP contribution < -0.4 is 14.8 Å². The maximum atomic E-state index is 11.8. The summed E-state index contributed by atoms with van der Waals surface area (Å²) < 4.78 is 11.7. The summed E-state index contributed by atoms with van der Waals surface area (Å²) in [5, 5.41) is 17.5. The maximum absolute atomic E-state index is 11.8. The maximum Gasteiger partial charge on any atom is 0.342 e. The Hall–Kier alpha value is -3.10. The van der Waals surface area contributed by atoms with Crippen LogP contribution in [0.3, 0.4) is 0 Å². The minimum absolute atomic E-state index is 0.0763. The predicted octanol–water partition coefficient (Wildman–Crippen LogP) is 2.48. The van der Waals surface area contributed by atoms with E-state index >= 15 is 0 Å². The van der Waals surface area contributed by atoms with E-state index in [1.54, 1.807) is 19.9 Å². The molecule has 0 fully saturated rings. The summed E-state index contributed by atoms with van der Waals surface area (Å²) in [6.45, 7) is 4.00. The number of nitro benzene ring substituents is 1. The molecule has 2 aromatic rings. The van der Waals surface area contributed by atoms with Crippen molar-refractivity contribution in [2.45, 2.75) is 13.8 Å². The van der Waals surface area contributed by atoms with Crippen molar-refractivity contribution in [3.63, 3.8) is 0 Å². The molecule has 1 aromatic heterocycles. The number of hydrogen-bond donors (Lipinski definition) is 1. The Morgan fingerprint density at radius 1 is 1.43 bits per heavy atom. The summed E-state index contributed by atoms with van der Waals surface area (Å²) in [6.07, 6.45) is 0. The number of ether oxygens (including phenoxy) is 2. The second-order valence-corrected chi connectivity index (χ2v) is 4.56. The van der Waals surface area contributed by atoms with E-state index in [9.17, 15) is 14.9 Å². The number of carbonyl (C=O) groups is 1. The molecule has 0 saturated carbocycles. The molecule has 0 saturated heterocycles. The van der Waals surface area contributed by atoms with Gasteiger partial charge in [-0.25, -0.2) is 4.79 Å². The summed E-state index contributed by atoms with van der Waals surface area (Å²) in [5.41, 5.74) is 0.434. The van der Waals surface area contributed by atoms with Crippen molar-refractivity contribution in [3.05, 3.63) is 40.1 Å². The Labute approximate surface area is 132 Å². The number of nitrogens with zero attached hydrogens (tertiary/aromatic N) is 3. The average molecular weight is 320 g/mol. The highest BCUT2D eigenvalue weighted by atomic mass is 16.6. The monoisotopic (exact) mass is 320 g/mol. The molecule has 0 radical (unpaired) electrons. The second-order valence-electron chi connectivity index (χ2n) is 4.56. The minimum Gasteiger partial charge on any atom is -0.490 e. The summed E-state index contributed by atoms with van der Waals surface area (Å²) in [4.78, 5) is 22.1. The summed E-state index contributed by atoms with van der Waals surface area (Å²) in [6, 6.07) is 5.33. The number of hydrogen-bond acceptors (Lipinski definition) is 6. The van der Waals surface area contributed by atoms with Crippen LogP contribution in [0.15, 0.2) is 24.3 Å². The van der Waals surface area contributed by atoms with E-state index in [1.165, 1.54) is 30.0 Å². The molecule has 0 bridgehead atoms. The Kier molecular flexibility index (Phi) is 4.79. The first-order chi connectivity index (χ1) is 11.0. The molecule has 0 aliphatic carbocycles. The van der Waals surface area contributed by atoms with Crippen molar-refractivity contribution >= 4 is 11.7 Å². The zero-order chi connectivity index (χ0) is 17.0. The molecule has 23 heavy (non-hydrogen) atoms. The highest BCUT2D eigenvalue weighted by Gasteiger charge is 2.17. The Morgan fingerprint density at radius 2 is 2.17 bits per heavy atom. The zero-order valence-electron chi connectivity index (χ0n) is 12.9. The van der Waals surface area contributed by atoms with Crippen LogP contribution in [0.25, 0.3) is 0 Å². The van der Waals surface area contributed by atoms with Crippen molar-refractivity contribution in [3.8, 4) is 17.4 Å². The first-order valence-electron chi connectivity index (χ1n) is 6.81. The topological polar surface area (TPSA) is 109 Å². The number of nitrogens with one attached hydrogen (secondary N) is 1. The molecular formula is C14H16N4O5. The number of aromatic nitrogens is 2. The van der Waals surface area contributed by atoms with Crippen LogP contribution in [0.2, 0.25) is 0 Å². The van der Waals surface area contributed by atoms with Crippen molar-refractivity contribution in [2.75, 3.05) is 13.7 Å². The summed E-state index contributed by atoms with van der Waals surface area (Å²) >= 11 is 0. The van der Waals surface area contributed by atoms with Gasteiger partial charge in [0, 0.05) is 24.7 Å². The molecule has 0 aliphatic rings. The Bertz CT molecular complexity index is 741. The molecule has 1 aromatic carbocycles. The van der Waals surface area contributed by atoms with Crippen LogP contribution in [0.4, 0.5) is 10.5 Å². The molecule has 2 rings (SSSR count). The molecule has 0 unspecified atom stereocenters. The molecule has 122 valence electrons. The summed E-state index contributed by atoms with van der Waals surface area (Å²) in [5.74, 6) is 0.588. The quantitative estimate of drug-likeness (QED) is 0.669. The highest BCUT2D eigenvalue weighted by molar-refractivity contribution is 5.76. The lowest BCUT2D eigenvalue weighted by atomic mass is 10.3. The third-order valence-electron chi connectivity index (χ3n) is 2.96. The van der Waals surface area contributed by atoms with Crippen LogP contribution in [-0.4, -0.2) is 34.4 Å². The molecule has 9 heteroatoms. The molecule has 0 spiro atoms. The van der Waals surface area contributed by atoms with Crippen molar-refractivity contribution in [1.29, 1.82) is 0 Å². The van der Waals surface area contributed by atoms with Crippen molar-refractivity contribution < 1.29 is 19.2 Å². The number of nitro groups is 1. The molecule has 1 amide bonds. The fourth-order valence-electron chi connectivity index (χ4n) is 1.92. The van der Waals surface area contributed by atoms with Gasteiger partial charge >= 0.3 is 11.7 Å². The van der Waals surface area contributed by atoms with Gasteiger partial charge in [0.05, 0.1) is 17.7 Å². The third-order valence-corrected chi connectivity index (χ3v) is 2.96. The normalized spacial score (nSPS) is 10.2. The van der Waals surface area contributed by atoms with E-state index < -0.39 is 4.92 Å². The van der Waals surface area contributed by atoms with E-state index in [-0.39, 0.29) is 23.3 Å². The molecule has 0 atom stereocenters. The van der Waals surface area contributed by atoms with Gasteiger partial charge < -0.3 is 14.8 Å². The van der Waals surface area contributed by atoms with Gasteiger partial charge in [-0.05, 0) is 19.9 Å². The second kappa shape index (κ2) is 6.77. The van der Waals surface area contributed by atoms with Gasteiger partial charge in [-0.2, -0.15) is 4.68 Å². The van der Waals surface area contributed by atoms with Crippen LogP contribution in [0, 0.1) is 17.0 Å². The minimum atomic E-state index is -0.545. The number of aryl methyl sites for hydroxylation is 1. The van der Waals surface area contributed by atoms with E-state index in [1.807, 2.05) is 0 Å². The van der Waals surface area contributed by atoms with Crippen LogP contribution >= 0.6 is 0 Å². The zero-order valence-corrected chi connectivity index (χ0v) is 12.9. The number of rotatable bonds is 5. The number of benzene rings is 1. The highest BCUT2D eigenvalue weighted by Crippen LogP contribution is 2.32. The number of carbonyl (C=O) groups excluding carboxylic acids is 1. The van der Waals surface area contributed by atoms with Crippen LogP contribution in [0.5, 0.6) is 17.4 Å². The van der Waals surface area contributed by atoms with Crippen LogP contribution in [0.1, 0.15) is 12.6 Å². The standard InChI is InChI=1S/C14H16N4O5/c1-4-15-14(19)17-9(2)7-13(16-17)23-10-5-6-11(18(20)21)12(8-10)22-3/h5-8H,4H2,1-3H3,(H,15,19). The molecular weight excluding hydrogens is 304 g/mol. The van der Waals surface area contributed by atoms with E-state index in [0.29, 0.717) is 18.0 Å². The first kappa shape index (κ1) is 16.3. The third kappa shape index (κ3) is 3.57. The molecule has 1 N–H and O–H groups in total. The van der Waals surface area contributed by atoms with Gasteiger partial charge in [0.25, 0.3) is 0 Å². The fraction of sp³-hybridized carbons (Fsp3) is 0.286. The molecule has 0 aliphatic heterocycles. The molecule has 9 nitrogen and oxygen atoms in total. The van der Waals surface area contributed by atoms with Crippen LogP contribution in [-0.2, 0) is 0 Å². The molecule has 1 heterocycles. The van der Waals surface area contributed by atoms with Gasteiger partial charge in [0.2, 0.25) is 11.6 Å². The van der Waals surface area contributed by atoms with Crippen molar-refractivity contribution in [2.24, 2.45) is 0 Å². The lowest BCUT2D eigenvalue weighted by Crippen LogP contribution is -2.29. The van der Waals surface area contributed by atoms with Gasteiger partial charge in [-0.1, -0.05) is 0 Å². The first-order valence-corrected chi connectivity index (χ1v) is 6.81. The largest absolute Gasteiger partial charge is 0.490 e. The lowest BCUT2D eigenvalue weighted by molar-refractivity contribution is -0.385. The Morgan fingerprint density at radius 3 is 2.78 bits per heavy atom. The van der Waals surface area contributed by atoms with Gasteiger partial charge in [0.15, 0.2) is 0 Å². The van der Waals surface area contributed by atoms with Crippen molar-refractivity contribution in [1.82, 2.24) is 15.1 Å². The van der Waals surface area contributed by atoms with E-state index in [0.717, 1.165) is 0 Å². The van der Waals surface area contributed by atoms with E-state index in [4.69, 9.17) is 9.47 Å². The van der Waals surface area contributed by atoms with Gasteiger partial charge in [0.1, 0.15) is 5.75 Å². The predicted molar refractivity (Wildman–Crippen MR) is 81.2 cm³/mol. The smallest absolute Gasteiger partial charge is 0.342 e. The number of amides is 1. The fourth-order valence-corrected chi connectivity index (χ4v) is 1.92. The summed E-state index contributed by atoms with van der Waals surface area (Å²) in [7, 11) is 1.33. The number of methoxy groups -OCH3 is 1. The average Bonchev–Trinajstić information content (AvgIpc) is 2.87. The van der Waals surface area contributed by atoms with Gasteiger partial charge in [-0.15, -0.1) is 5.10 Å². The SMILES string of the molecule is CCNC(=O)n1nc(Oc2ccc([N+](=O)[O-])c(OC)c2)cc1C. The Balaban J connectivity index is 2.24. The van der Waals surface area contributed by atoms with E-state index in [2.05, 4.69) is 10.4 Å². The van der Waals surface area contributed by atoms with Gasteiger partial charge in [-0.3, -0.25) is 10.1 Å².